The number of allylic oxidation sites excluding steroid dienone is 1. The third kappa shape index (κ3) is 2.42. The van der Waals surface area contributed by atoms with Crippen LogP contribution in [-0.2, 0) is 33.1 Å². The first kappa shape index (κ1) is 19.3. The smallest absolute Gasteiger partial charge is 0.343 e. The second-order valence-electron chi connectivity index (χ2n) is 7.55. The minimum atomic E-state index is -2.07. The number of esters is 1. The van der Waals surface area contributed by atoms with Crippen LogP contribution in [0.15, 0.2) is 28.6 Å². The Morgan fingerprint density at radius 3 is 2.58 bits per heavy atom. The minimum Gasteiger partial charge on any atom is -0.458 e. The van der Waals surface area contributed by atoms with Gasteiger partial charge in [0.25, 0.3) is 11.5 Å². The molecule has 31 heavy (non-hydrogen) atoms. The number of pyridine rings is 1. The van der Waals surface area contributed by atoms with Crippen molar-refractivity contribution in [3.63, 3.8) is 0 Å². The Balaban J connectivity index is 1.72. The first-order valence-corrected chi connectivity index (χ1v) is 9.42. The SMILES string of the molecule is CC[C@]1(O)C(=O)OCc2c1cc1n(c2=O)C/C(=C2/C(=O)Nc3cc(F)c(F)cc32)C1=O. The topological polar surface area (TPSA) is 115 Å². The van der Waals surface area contributed by atoms with Gasteiger partial charge in [-0.05, 0) is 18.6 Å². The molecular formula is C21H14F2N2O6. The Morgan fingerprint density at radius 2 is 1.87 bits per heavy atom. The Morgan fingerprint density at radius 1 is 1.16 bits per heavy atom. The summed E-state index contributed by atoms with van der Waals surface area (Å²) in [7, 11) is 0. The largest absolute Gasteiger partial charge is 0.458 e. The molecule has 0 bridgehead atoms. The summed E-state index contributed by atoms with van der Waals surface area (Å²) in [6.07, 6.45) is -0.0789. The van der Waals surface area contributed by atoms with Gasteiger partial charge in [-0.3, -0.25) is 14.4 Å². The van der Waals surface area contributed by atoms with E-state index in [9.17, 15) is 33.1 Å². The number of cyclic esters (lactones) is 1. The number of rotatable bonds is 1. The Labute approximate surface area is 172 Å². The highest BCUT2D eigenvalue weighted by molar-refractivity contribution is 6.37. The van der Waals surface area contributed by atoms with Crippen molar-refractivity contribution in [2.45, 2.75) is 32.1 Å². The van der Waals surface area contributed by atoms with Crippen LogP contribution in [0, 0.1) is 11.6 Å². The molecule has 1 amide bonds. The van der Waals surface area contributed by atoms with Crippen LogP contribution < -0.4 is 10.9 Å². The molecule has 10 heteroatoms. The third-order valence-corrected chi connectivity index (χ3v) is 5.97. The van der Waals surface area contributed by atoms with Crippen LogP contribution in [0.4, 0.5) is 14.5 Å². The quantitative estimate of drug-likeness (QED) is 0.524. The number of halogens is 2. The third-order valence-electron chi connectivity index (χ3n) is 5.97. The van der Waals surface area contributed by atoms with Crippen LogP contribution in [0.5, 0.6) is 0 Å². The van der Waals surface area contributed by atoms with Gasteiger partial charge in [0, 0.05) is 22.8 Å². The lowest BCUT2D eigenvalue weighted by molar-refractivity contribution is -0.172. The van der Waals surface area contributed by atoms with E-state index < -0.39 is 40.5 Å². The van der Waals surface area contributed by atoms with E-state index in [-0.39, 0.29) is 58.8 Å². The van der Waals surface area contributed by atoms with Gasteiger partial charge < -0.3 is 19.7 Å². The number of carbonyl (C=O) groups excluding carboxylic acids is 3. The van der Waals surface area contributed by atoms with Gasteiger partial charge in [-0.2, -0.15) is 0 Å². The molecule has 1 aromatic heterocycles. The molecule has 0 radical (unpaired) electrons. The number of carbonyl (C=O) groups is 3. The van der Waals surface area contributed by atoms with E-state index in [1.807, 2.05) is 0 Å². The van der Waals surface area contributed by atoms with E-state index in [4.69, 9.17) is 4.74 Å². The van der Waals surface area contributed by atoms with Gasteiger partial charge in [-0.25, -0.2) is 13.6 Å². The summed E-state index contributed by atoms with van der Waals surface area (Å²) in [5, 5.41) is 13.2. The molecule has 2 aromatic rings. The molecule has 2 N–H and O–H groups in total. The van der Waals surface area contributed by atoms with Gasteiger partial charge in [-0.15, -0.1) is 0 Å². The number of fused-ring (bicyclic) bond motifs is 3. The van der Waals surface area contributed by atoms with Gasteiger partial charge >= 0.3 is 5.97 Å². The number of anilines is 1. The number of amides is 1. The van der Waals surface area contributed by atoms with Gasteiger partial charge in [0.1, 0.15) is 6.61 Å². The first-order chi connectivity index (χ1) is 14.7. The number of Topliss-reactive ketones (excluding diaryl/α,β-unsaturated/α-hetero) is 1. The zero-order chi connectivity index (χ0) is 22.2. The molecule has 0 unspecified atom stereocenters. The average molecular weight is 428 g/mol. The van der Waals surface area contributed by atoms with Crippen LogP contribution in [0.2, 0.25) is 0 Å². The molecule has 0 spiro atoms. The van der Waals surface area contributed by atoms with Crippen LogP contribution in [0.25, 0.3) is 5.57 Å². The van der Waals surface area contributed by atoms with Gasteiger partial charge in [0.15, 0.2) is 17.2 Å². The number of aliphatic hydroxyl groups is 1. The molecule has 1 aromatic carbocycles. The lowest BCUT2D eigenvalue weighted by Crippen LogP contribution is -2.44. The summed E-state index contributed by atoms with van der Waals surface area (Å²) in [5.41, 5.74) is -3.00. The molecular weight excluding hydrogens is 414 g/mol. The number of ketones is 1. The molecule has 0 saturated heterocycles. The highest BCUT2D eigenvalue weighted by Gasteiger charge is 2.46. The Kier molecular flexibility index (Phi) is 3.85. The van der Waals surface area contributed by atoms with Crippen molar-refractivity contribution in [2.75, 3.05) is 5.32 Å². The van der Waals surface area contributed by atoms with Crippen LogP contribution in [0.1, 0.15) is 40.5 Å². The van der Waals surface area contributed by atoms with E-state index in [1.165, 1.54) is 13.0 Å². The molecule has 0 fully saturated rings. The predicted octanol–water partition coefficient (Wildman–Crippen LogP) is 1.38. The van der Waals surface area contributed by atoms with E-state index in [0.717, 1.165) is 16.7 Å². The van der Waals surface area contributed by atoms with Gasteiger partial charge in [-0.1, -0.05) is 6.92 Å². The van der Waals surface area contributed by atoms with Crippen molar-refractivity contribution in [3.05, 3.63) is 68.1 Å². The maximum absolute atomic E-state index is 13.8. The molecule has 0 saturated carbocycles. The summed E-state index contributed by atoms with van der Waals surface area (Å²) in [6.45, 7) is 0.896. The zero-order valence-corrected chi connectivity index (χ0v) is 16.0. The maximum Gasteiger partial charge on any atom is 0.343 e. The summed E-state index contributed by atoms with van der Waals surface area (Å²) >= 11 is 0. The van der Waals surface area contributed by atoms with Crippen molar-refractivity contribution < 1.29 is 33.0 Å². The van der Waals surface area contributed by atoms with Crippen LogP contribution in [-0.4, -0.2) is 27.3 Å². The summed E-state index contributed by atoms with van der Waals surface area (Å²) in [5.74, 6) is -4.67. The Hall–Kier alpha value is -3.66. The highest BCUT2D eigenvalue weighted by Crippen LogP contribution is 2.39. The van der Waals surface area contributed by atoms with Crippen molar-refractivity contribution >= 4 is 28.9 Å². The van der Waals surface area contributed by atoms with E-state index >= 15 is 0 Å². The summed E-state index contributed by atoms with van der Waals surface area (Å²) in [6, 6.07) is 2.89. The summed E-state index contributed by atoms with van der Waals surface area (Å²) < 4.78 is 33.4. The number of benzene rings is 1. The molecule has 3 aliphatic heterocycles. The van der Waals surface area contributed by atoms with E-state index in [2.05, 4.69) is 5.32 Å². The number of nitrogens with zero attached hydrogens (tertiary/aromatic N) is 1. The van der Waals surface area contributed by atoms with Gasteiger partial charge in [0.2, 0.25) is 5.78 Å². The molecule has 158 valence electrons. The second kappa shape index (κ2) is 6.17. The molecule has 8 nitrogen and oxygen atoms in total. The standard InChI is InChI=1S/C21H14F2N2O6/c1-2-21(30)11-4-15-17(26)9(6-25(15)19(28)10(11)7-31-20(21)29)16-8-3-12(22)13(23)5-14(8)24-18(16)27/h3-5,30H,2,6-7H2,1H3,(H,24,27)/b16-9-/t21-/m1/s1. The fourth-order valence-corrected chi connectivity index (χ4v) is 4.29. The Bertz CT molecular complexity index is 1340. The lowest BCUT2D eigenvalue weighted by atomic mass is 9.86. The highest BCUT2D eigenvalue weighted by atomic mass is 19.2. The fraction of sp³-hybridized carbons (Fsp3) is 0.238. The number of hydrogen-bond donors (Lipinski definition) is 2. The average Bonchev–Trinajstić information content (AvgIpc) is 3.22. The second-order valence-corrected chi connectivity index (χ2v) is 7.55. The monoisotopic (exact) mass is 428 g/mol. The van der Waals surface area contributed by atoms with Crippen molar-refractivity contribution in [2.24, 2.45) is 0 Å². The lowest BCUT2D eigenvalue weighted by Gasteiger charge is -2.31. The molecule has 5 rings (SSSR count). The molecule has 1 atom stereocenters. The number of nitrogens with one attached hydrogen (secondary N) is 1. The number of aromatic nitrogens is 1. The van der Waals surface area contributed by atoms with Crippen molar-refractivity contribution in [1.82, 2.24) is 4.57 Å². The fourth-order valence-electron chi connectivity index (χ4n) is 4.29. The van der Waals surface area contributed by atoms with Crippen molar-refractivity contribution in [3.8, 4) is 0 Å². The van der Waals surface area contributed by atoms with Gasteiger partial charge in [0.05, 0.1) is 29.1 Å². The van der Waals surface area contributed by atoms with Crippen LogP contribution >= 0.6 is 0 Å². The first-order valence-electron chi connectivity index (χ1n) is 9.42. The summed E-state index contributed by atoms with van der Waals surface area (Å²) in [4.78, 5) is 50.8. The minimum absolute atomic E-state index is 0.00788. The maximum atomic E-state index is 13.8. The predicted molar refractivity (Wildman–Crippen MR) is 101 cm³/mol. The van der Waals surface area contributed by atoms with Crippen molar-refractivity contribution in [1.29, 1.82) is 0 Å². The van der Waals surface area contributed by atoms with E-state index in [1.54, 1.807) is 0 Å². The number of ether oxygens (including phenoxy) is 1. The van der Waals surface area contributed by atoms with E-state index in [0.29, 0.717) is 0 Å². The normalized spacial score (nSPS) is 23.9. The number of hydrogen-bond acceptors (Lipinski definition) is 6. The van der Waals surface area contributed by atoms with Crippen LogP contribution in [0.3, 0.4) is 0 Å². The molecule has 0 aliphatic carbocycles. The molecule has 4 heterocycles. The molecule has 3 aliphatic rings. The zero-order valence-electron chi connectivity index (χ0n) is 16.0.